The van der Waals surface area contributed by atoms with Crippen molar-refractivity contribution in [1.29, 1.82) is 10.5 Å². The molecule has 0 heterocycles. The lowest BCUT2D eigenvalue weighted by atomic mass is 10.1. The van der Waals surface area contributed by atoms with Gasteiger partial charge in [-0.3, -0.25) is 0 Å². The van der Waals surface area contributed by atoms with Gasteiger partial charge in [0.1, 0.15) is 17.6 Å². The van der Waals surface area contributed by atoms with Gasteiger partial charge < -0.3 is 18.5 Å². The van der Waals surface area contributed by atoms with Crippen molar-refractivity contribution >= 4 is 162 Å². The Labute approximate surface area is 644 Å². The standard InChI is InChI=1S/C13H20IN2O4P.C13H21N2O4P.C11H9I.C11H10.C7H3ClIN.C7H4ClN.C7H7I.C7H8/c1-6-19-13(17)10-7-8-11(14)12(9-10)20-21(18,15(2)3)16(4)5;1-6-18-13(16)11-8-7-9-12(10-11)19-20(17,14(2)3)15(4)5;1-8-10-5-3-2-4-9(10)6-7-11(8)12;1-9-5-4-7-10-6-2-3-8-11(9)10;8-6-2-1-5(4-10)7(9)3-6;8-7-3-1-6(5-9)2-4-7;1-6-4-2-3-5-7(6)8;1-7-5-3-2-4-6-7/h7-9H,6H2,1-5H3;7-10H,6H2,1-5H3;2-7H,1H3;2-8H,1H3;1-3H;1-4H;2-5H,1H3;2-6H,1H3. The Morgan fingerprint density at radius 1 is 0.439 bits per heavy atom. The monoisotopic (exact) mass is 1850 g/mol. The molecule has 0 aliphatic heterocycles. The molecule has 0 aromatic heterocycles. The lowest BCUT2D eigenvalue weighted by molar-refractivity contribution is 0.0516. The molecule has 0 spiro atoms. The van der Waals surface area contributed by atoms with Gasteiger partial charge in [-0.25, -0.2) is 37.4 Å². The number of benzene rings is 10. The minimum absolute atomic E-state index is 0.300. The van der Waals surface area contributed by atoms with Crippen LogP contribution in [-0.4, -0.2) is 100 Å². The van der Waals surface area contributed by atoms with E-state index in [1.54, 1.807) is 149 Å². The normalized spacial score (nSPS) is 10.4. The number of hydrogen-bond acceptors (Lipinski definition) is 10. The van der Waals surface area contributed by atoms with Gasteiger partial charge in [-0.15, -0.1) is 0 Å². The van der Waals surface area contributed by atoms with Crippen molar-refractivity contribution in [2.75, 3.05) is 69.6 Å². The number of esters is 2. The van der Waals surface area contributed by atoms with Crippen LogP contribution in [0.1, 0.15) is 67.9 Å². The van der Waals surface area contributed by atoms with Crippen LogP contribution in [0.15, 0.2) is 218 Å². The molecule has 98 heavy (non-hydrogen) atoms. The maximum Gasteiger partial charge on any atom is 0.394 e. The highest BCUT2D eigenvalue weighted by Crippen LogP contribution is 2.52. The summed E-state index contributed by atoms with van der Waals surface area (Å²) in [6.07, 6.45) is 0. The molecule has 22 heteroatoms. The van der Waals surface area contributed by atoms with E-state index in [1.165, 1.54) is 75.7 Å². The molecule has 10 aromatic rings. The summed E-state index contributed by atoms with van der Waals surface area (Å²) in [5.41, 5.74) is 7.46. The molecule has 0 aliphatic rings. The second-order valence-corrected chi connectivity index (χ2v) is 32.7. The number of fused-ring (bicyclic) bond motifs is 2. The van der Waals surface area contributed by atoms with Gasteiger partial charge in [0.15, 0.2) is 0 Å². The van der Waals surface area contributed by atoms with Gasteiger partial charge in [0.25, 0.3) is 0 Å². The second kappa shape index (κ2) is 45.0. The highest BCUT2D eigenvalue weighted by Gasteiger charge is 2.33. The smallest absolute Gasteiger partial charge is 0.394 e. The number of carbonyl (C=O) groups excluding carboxylic acids is 2. The first-order valence-corrected chi connectivity index (χ1v) is 38.5. The number of nitriles is 2. The average molecular weight is 1850 g/mol. The largest absolute Gasteiger partial charge is 0.462 e. The van der Waals surface area contributed by atoms with Crippen molar-refractivity contribution in [3.63, 3.8) is 0 Å². The van der Waals surface area contributed by atoms with Crippen LogP contribution in [0.4, 0.5) is 0 Å². The van der Waals surface area contributed by atoms with Crippen LogP contribution in [0.5, 0.6) is 11.5 Å². The zero-order valence-corrected chi connectivity index (χ0v) is 69.2. The van der Waals surface area contributed by atoms with Gasteiger partial charge in [0.05, 0.1) is 45.1 Å². The Morgan fingerprint density at radius 2 is 0.908 bits per heavy atom. The van der Waals surface area contributed by atoms with E-state index in [-0.39, 0.29) is 0 Å². The van der Waals surface area contributed by atoms with E-state index in [9.17, 15) is 18.7 Å². The van der Waals surface area contributed by atoms with Crippen LogP contribution in [0, 0.1) is 64.6 Å². The van der Waals surface area contributed by atoms with Gasteiger partial charge in [-0.2, -0.15) is 10.5 Å². The fraction of sp³-hybridized carbons (Fsp3) is 0.211. The summed E-state index contributed by atoms with van der Waals surface area (Å²) in [7, 11) is 7.14. The zero-order valence-electron chi connectivity index (χ0n) is 57.3. The molecule has 0 fully saturated rings. The van der Waals surface area contributed by atoms with Crippen molar-refractivity contribution in [1.82, 2.24) is 18.7 Å². The Kier molecular flexibility index (Phi) is 39.6. The first kappa shape index (κ1) is 86.3. The Morgan fingerprint density at radius 3 is 1.40 bits per heavy atom. The average Bonchev–Trinajstić information content (AvgIpc) is 0.830. The maximum absolute atomic E-state index is 12.9. The highest BCUT2D eigenvalue weighted by atomic mass is 127. The summed E-state index contributed by atoms with van der Waals surface area (Å²) in [5.74, 6) is -0.0982. The first-order valence-electron chi connectivity index (χ1n) is 30.3. The van der Waals surface area contributed by atoms with E-state index >= 15 is 0 Å². The van der Waals surface area contributed by atoms with E-state index < -0.39 is 27.3 Å². The molecule has 0 N–H and O–H groups in total. The van der Waals surface area contributed by atoms with E-state index in [1.807, 2.05) is 24.3 Å². The predicted octanol–water partition coefficient (Wildman–Crippen LogP) is 22.1. The minimum Gasteiger partial charge on any atom is -0.462 e. The fourth-order valence-electron chi connectivity index (χ4n) is 8.09. The van der Waals surface area contributed by atoms with E-state index in [0.29, 0.717) is 57.0 Å². The van der Waals surface area contributed by atoms with Crippen LogP contribution in [-0.2, 0) is 18.6 Å². The summed E-state index contributed by atoms with van der Waals surface area (Å²) >= 11 is 20.1. The molecule has 516 valence electrons. The highest BCUT2D eigenvalue weighted by molar-refractivity contribution is 14.1. The van der Waals surface area contributed by atoms with Crippen molar-refractivity contribution < 1.29 is 37.2 Å². The number of ether oxygens (including phenoxy) is 2. The summed E-state index contributed by atoms with van der Waals surface area (Å²) < 4.78 is 57.2. The molecular formula is C76H82Cl2I4N6O8P2. The number of halogens is 6. The van der Waals surface area contributed by atoms with Gasteiger partial charge in [-0.1, -0.05) is 156 Å². The summed E-state index contributed by atoms with van der Waals surface area (Å²) in [6, 6.07) is 73.6. The summed E-state index contributed by atoms with van der Waals surface area (Å²) in [6.45, 7) is 12.6. The van der Waals surface area contributed by atoms with Gasteiger partial charge >= 0.3 is 27.3 Å². The van der Waals surface area contributed by atoms with Gasteiger partial charge in [0.2, 0.25) is 0 Å². The van der Waals surface area contributed by atoms with E-state index in [2.05, 4.69) is 239 Å². The molecule has 0 aliphatic carbocycles. The van der Waals surface area contributed by atoms with Crippen LogP contribution >= 0.6 is 129 Å². The molecule has 10 rings (SSSR count). The van der Waals surface area contributed by atoms with Gasteiger partial charge in [-0.05, 0) is 318 Å². The first-order chi connectivity index (χ1) is 46.5. The third-order valence-corrected chi connectivity index (χ3v) is 23.0. The third-order valence-electron chi connectivity index (χ3n) is 13.4. The Bertz CT molecular complexity index is 4300. The number of hydrogen-bond donors (Lipinski definition) is 0. The molecule has 0 unspecified atom stereocenters. The fourth-order valence-corrected chi connectivity index (χ4v) is 13.6. The second-order valence-electron chi connectivity index (χ2n) is 21.6. The SMILES string of the molecule is CCOC(=O)c1ccc(I)c(OP(=O)(N(C)C)N(C)C)c1.CCOC(=O)c1cccc(OP(=O)(N(C)C)N(C)C)c1.Cc1c(I)ccc2ccccc12.Cc1cccc2ccccc12.Cc1ccccc1.Cc1ccccc1I.N#Cc1ccc(Cl)cc1.N#Cc1ccc(Cl)cc1I. The van der Waals surface area contributed by atoms with Crippen LogP contribution in [0.2, 0.25) is 10.0 Å². The number of aryl methyl sites for hydroxylation is 4. The van der Waals surface area contributed by atoms with Crippen molar-refractivity contribution in [2.45, 2.75) is 41.5 Å². The lowest BCUT2D eigenvalue weighted by Gasteiger charge is -2.30. The van der Waals surface area contributed by atoms with Crippen LogP contribution in [0.25, 0.3) is 21.5 Å². The molecular weight excluding hydrogens is 1770 g/mol. The molecule has 0 saturated heterocycles. The molecule has 0 amide bonds. The molecule has 0 saturated carbocycles. The Balaban J connectivity index is 0.000000300. The van der Waals surface area contributed by atoms with Crippen molar-refractivity contribution in [3.05, 3.63) is 287 Å². The molecule has 0 bridgehead atoms. The molecule has 10 aromatic carbocycles. The van der Waals surface area contributed by atoms with E-state index in [0.717, 1.165) is 7.14 Å². The van der Waals surface area contributed by atoms with Crippen molar-refractivity contribution in [3.8, 4) is 23.6 Å². The van der Waals surface area contributed by atoms with E-state index in [4.69, 9.17) is 52.2 Å². The summed E-state index contributed by atoms with van der Waals surface area (Å²) in [4.78, 5) is 23.4. The van der Waals surface area contributed by atoms with Crippen LogP contribution < -0.4 is 9.05 Å². The predicted molar refractivity (Wildman–Crippen MR) is 439 cm³/mol. The maximum atomic E-state index is 12.9. The topological polar surface area (TPSA) is 166 Å². The summed E-state index contributed by atoms with van der Waals surface area (Å²) in [5, 5.41) is 23.6. The van der Waals surface area contributed by atoms with Crippen LogP contribution in [0.3, 0.4) is 0 Å². The third kappa shape index (κ3) is 29.3. The number of rotatable bonds is 12. The Hall–Kier alpha value is -5.96. The number of nitrogens with zero attached hydrogens (tertiary/aromatic N) is 6. The number of carbonyl (C=O) groups is 2. The minimum atomic E-state index is -3.17. The molecule has 0 radical (unpaired) electrons. The molecule has 14 nitrogen and oxygen atoms in total. The molecule has 0 atom stereocenters. The van der Waals surface area contributed by atoms with Crippen molar-refractivity contribution in [2.24, 2.45) is 0 Å². The van der Waals surface area contributed by atoms with Gasteiger partial charge in [0, 0.05) is 20.8 Å². The lowest BCUT2D eigenvalue weighted by Crippen LogP contribution is -2.24. The zero-order chi connectivity index (χ0) is 73.1. The quantitative estimate of drug-likeness (QED) is 0.0644.